The average molecular weight is 416 g/mol. The van der Waals surface area contributed by atoms with Crippen LogP contribution in [0.25, 0.3) is 21.5 Å². The van der Waals surface area contributed by atoms with Crippen molar-refractivity contribution in [3.63, 3.8) is 0 Å². The van der Waals surface area contributed by atoms with E-state index in [-0.39, 0.29) is 19.3 Å². The minimum absolute atomic E-state index is 0. The van der Waals surface area contributed by atoms with Crippen LogP contribution in [0.1, 0.15) is 1.43 Å². The summed E-state index contributed by atoms with van der Waals surface area (Å²) < 4.78 is 0. The maximum absolute atomic E-state index is 2.31. The van der Waals surface area contributed by atoms with Crippen molar-refractivity contribution in [2.75, 3.05) is 0 Å². The number of halogens is 1. The van der Waals surface area contributed by atoms with E-state index in [4.69, 9.17) is 0 Å². The smallest absolute Gasteiger partial charge is 0.0809 e. The maximum atomic E-state index is 2.31. The molecule has 4 aromatic carbocycles. The minimum atomic E-state index is 0. The molecule has 0 unspecified atom stereocenters. The largest absolute Gasteiger partial charge is 1.00 e. The van der Waals surface area contributed by atoms with Gasteiger partial charge < -0.3 is 13.8 Å². The van der Waals surface area contributed by atoms with Crippen molar-refractivity contribution in [1.82, 2.24) is 0 Å². The Morgan fingerprint density at radius 1 is 0.739 bits per heavy atom. The van der Waals surface area contributed by atoms with Crippen molar-refractivity contribution in [1.29, 1.82) is 0 Å². The molecular formula is C20H21ClSiZr-2. The van der Waals surface area contributed by atoms with Gasteiger partial charge in [0.2, 0.25) is 0 Å². The molecule has 118 valence electrons. The summed E-state index contributed by atoms with van der Waals surface area (Å²) in [6, 6.07) is 29.3. The van der Waals surface area contributed by atoms with Crippen LogP contribution >= 0.6 is 0 Å². The topological polar surface area (TPSA) is 0 Å². The van der Waals surface area contributed by atoms with Crippen molar-refractivity contribution < 1.29 is 37.2 Å². The predicted octanol–water partition coefficient (Wildman–Crippen LogP) is 3.02. The van der Waals surface area contributed by atoms with Gasteiger partial charge >= 0.3 is 41.9 Å². The SMILES string of the molecule is C[Si](C)=[Zr+2].[Cl-].[H-].c1ccc2[cH-]ccc2c1.c1ccc2[cH-]ccc2c1. The van der Waals surface area contributed by atoms with Crippen molar-refractivity contribution in [3.05, 3.63) is 84.9 Å². The molecule has 0 bridgehead atoms. The van der Waals surface area contributed by atoms with E-state index >= 15 is 0 Å². The van der Waals surface area contributed by atoms with E-state index in [0.717, 1.165) is 0 Å². The van der Waals surface area contributed by atoms with Crippen LogP contribution in [0, 0.1) is 0 Å². The summed E-state index contributed by atoms with van der Waals surface area (Å²) in [5, 5.41) is 5.32. The molecule has 0 amide bonds. The number of benzene rings is 2. The minimum Gasteiger partial charge on any atom is -1.00 e. The van der Waals surface area contributed by atoms with Gasteiger partial charge in [0.1, 0.15) is 0 Å². The summed E-state index contributed by atoms with van der Waals surface area (Å²) in [4.78, 5) is 0. The summed E-state index contributed by atoms with van der Waals surface area (Å²) in [7, 11) is 0. The third-order valence-electron chi connectivity index (χ3n) is 3.10. The molecule has 4 aromatic rings. The molecule has 0 aliphatic rings. The quantitative estimate of drug-likeness (QED) is 0.306. The van der Waals surface area contributed by atoms with Gasteiger partial charge in [-0.05, 0) is 0 Å². The van der Waals surface area contributed by atoms with E-state index in [1.165, 1.54) is 21.5 Å². The van der Waals surface area contributed by atoms with Crippen LogP contribution in [0.4, 0.5) is 0 Å². The van der Waals surface area contributed by atoms with Crippen molar-refractivity contribution >= 4 is 27.0 Å². The van der Waals surface area contributed by atoms with E-state index in [0.29, 0.717) is 0 Å². The molecule has 0 saturated heterocycles. The Balaban J connectivity index is 0.000000341. The molecule has 0 spiro atoms. The van der Waals surface area contributed by atoms with Gasteiger partial charge in [0.25, 0.3) is 0 Å². The summed E-state index contributed by atoms with van der Waals surface area (Å²) in [6.45, 7) is 4.62. The van der Waals surface area contributed by atoms with E-state index in [1.54, 1.807) is 23.3 Å². The van der Waals surface area contributed by atoms with E-state index in [2.05, 4.69) is 98.0 Å². The number of hydrogen-bond acceptors (Lipinski definition) is 0. The molecular weight excluding hydrogens is 395 g/mol. The van der Waals surface area contributed by atoms with Gasteiger partial charge in [0.05, 0.1) is 0 Å². The predicted molar refractivity (Wildman–Crippen MR) is 97.7 cm³/mol. The molecule has 23 heavy (non-hydrogen) atoms. The molecule has 4 rings (SSSR count). The van der Waals surface area contributed by atoms with Gasteiger partial charge in [-0.25, -0.2) is 0 Å². The number of fused-ring (bicyclic) bond motifs is 2. The maximum Gasteiger partial charge on any atom is -0.0809 e. The molecule has 3 heteroatoms. The first-order valence-corrected chi connectivity index (χ1v) is 13.6. The zero-order chi connectivity index (χ0) is 15.8. The van der Waals surface area contributed by atoms with Crippen LogP contribution < -0.4 is 12.4 Å². The fourth-order valence-electron chi connectivity index (χ4n) is 2.14. The summed E-state index contributed by atoms with van der Waals surface area (Å²) >= 11 is 1.74. The van der Waals surface area contributed by atoms with Crippen molar-refractivity contribution in [2.45, 2.75) is 13.1 Å². The van der Waals surface area contributed by atoms with Gasteiger partial charge in [0, 0.05) is 0 Å². The zero-order valence-corrected chi connectivity index (χ0v) is 17.7. The van der Waals surface area contributed by atoms with E-state index in [9.17, 15) is 0 Å². The molecule has 0 nitrogen and oxygen atoms in total. The summed E-state index contributed by atoms with van der Waals surface area (Å²) in [6.07, 6.45) is 0. The molecule has 0 fully saturated rings. The second-order valence-corrected chi connectivity index (χ2v) is 14.7. The molecule has 0 radical (unpaired) electrons. The third-order valence-corrected chi connectivity index (χ3v) is 3.10. The fraction of sp³-hybridized carbons (Fsp3) is 0.100. The Bertz CT molecular complexity index is 720. The van der Waals surface area contributed by atoms with Gasteiger partial charge in [-0.2, -0.15) is 35.0 Å². The van der Waals surface area contributed by atoms with Gasteiger partial charge in [-0.3, -0.25) is 0 Å². The van der Waals surface area contributed by atoms with Crippen LogP contribution in [0.15, 0.2) is 84.9 Å². The van der Waals surface area contributed by atoms with E-state index < -0.39 is 0 Å². The summed E-state index contributed by atoms with van der Waals surface area (Å²) in [5.74, 6) is 0. The van der Waals surface area contributed by atoms with Gasteiger partial charge in [-0.1, -0.05) is 12.1 Å². The molecule has 0 atom stereocenters. The Hall–Kier alpha value is -0.950. The number of hydrogen-bond donors (Lipinski definition) is 0. The van der Waals surface area contributed by atoms with E-state index in [1.807, 2.05) is 0 Å². The Morgan fingerprint density at radius 2 is 1.09 bits per heavy atom. The van der Waals surface area contributed by atoms with Crippen LogP contribution in [0.5, 0.6) is 0 Å². The molecule has 0 aromatic heterocycles. The van der Waals surface area contributed by atoms with Crippen LogP contribution in [-0.4, -0.2) is 5.43 Å². The van der Waals surface area contributed by atoms with Crippen LogP contribution in [-0.2, 0) is 23.3 Å². The van der Waals surface area contributed by atoms with Crippen LogP contribution in [0.3, 0.4) is 0 Å². The molecule has 0 aliphatic heterocycles. The summed E-state index contributed by atoms with van der Waals surface area (Å²) in [5.41, 5.74) is 0.210. The normalized spacial score (nSPS) is 9.22. The first kappa shape index (κ1) is 20.1. The second kappa shape index (κ2) is 10.8. The van der Waals surface area contributed by atoms with Gasteiger partial charge in [-0.15, -0.1) is 59.3 Å². The Labute approximate surface area is 161 Å². The number of rotatable bonds is 0. The first-order valence-electron chi connectivity index (χ1n) is 7.39. The monoisotopic (exact) mass is 414 g/mol. The van der Waals surface area contributed by atoms with Crippen LogP contribution in [0.2, 0.25) is 13.1 Å². The third kappa shape index (κ3) is 6.99. The van der Waals surface area contributed by atoms with Crippen molar-refractivity contribution in [2.24, 2.45) is 0 Å². The molecule has 0 aliphatic carbocycles. The van der Waals surface area contributed by atoms with Gasteiger partial charge in [0.15, 0.2) is 0 Å². The first-order chi connectivity index (χ1) is 10.7. The Morgan fingerprint density at radius 3 is 1.43 bits per heavy atom. The fourth-order valence-corrected chi connectivity index (χ4v) is 2.14. The zero-order valence-electron chi connectivity index (χ0n) is 14.5. The second-order valence-electron chi connectivity index (χ2n) is 5.31. The van der Waals surface area contributed by atoms with Crippen molar-refractivity contribution in [3.8, 4) is 0 Å². The molecule has 0 saturated carbocycles. The molecule has 0 N–H and O–H groups in total. The Kier molecular flexibility index (Phi) is 9.40. The average Bonchev–Trinajstić information content (AvgIpc) is 3.16. The molecule has 0 heterocycles. The standard InChI is InChI=1S/2C9H7.C2H6Si.ClH.Zr.H/c2*1-2-5-9-7-3-6-8(9)4-1;1-3-2;;;/h2*1-7H;1-2H3;1H;;/q2*-1;;;+2;-1/p-1.